The summed E-state index contributed by atoms with van der Waals surface area (Å²) in [6, 6.07) is 10.5. The zero-order chi connectivity index (χ0) is 16.1. The first-order valence-corrected chi connectivity index (χ1v) is 8.61. The molecule has 24 heavy (non-hydrogen) atoms. The Morgan fingerprint density at radius 2 is 2.12 bits per heavy atom. The van der Waals surface area contributed by atoms with Gasteiger partial charge in [-0.05, 0) is 44.3 Å². The highest BCUT2D eigenvalue weighted by molar-refractivity contribution is 5.85. The standard InChI is InChI=1S/C18H27N3O2.ClH/c19-17(22)18(14-23-13-15-6-2-1-3-7-15)9-4-5-11-21(18)16-8-10-20-12-16;/h1-3,6-7,16,20H,4-5,8-14H2,(H2,19,22);1H. The molecular formula is C18H28ClN3O2. The number of primary amides is 1. The van der Waals surface area contributed by atoms with E-state index in [1.165, 1.54) is 0 Å². The van der Waals surface area contributed by atoms with Crippen LogP contribution in [0.25, 0.3) is 0 Å². The van der Waals surface area contributed by atoms with Crippen molar-refractivity contribution in [1.29, 1.82) is 0 Å². The van der Waals surface area contributed by atoms with Crippen molar-refractivity contribution in [2.75, 3.05) is 26.2 Å². The molecule has 1 aromatic carbocycles. The normalized spacial score (nSPS) is 27.6. The summed E-state index contributed by atoms with van der Waals surface area (Å²) in [5.41, 5.74) is 6.33. The summed E-state index contributed by atoms with van der Waals surface area (Å²) in [6.45, 7) is 3.79. The van der Waals surface area contributed by atoms with E-state index in [-0.39, 0.29) is 18.3 Å². The number of nitrogens with two attached hydrogens (primary N) is 1. The lowest BCUT2D eigenvalue weighted by atomic mass is 9.84. The van der Waals surface area contributed by atoms with Gasteiger partial charge in [-0.15, -0.1) is 12.4 Å². The van der Waals surface area contributed by atoms with Crippen LogP contribution < -0.4 is 11.1 Å². The molecule has 0 aliphatic carbocycles. The predicted molar refractivity (Wildman–Crippen MR) is 97.1 cm³/mol. The molecule has 0 aromatic heterocycles. The van der Waals surface area contributed by atoms with Crippen LogP contribution in [0.2, 0.25) is 0 Å². The minimum atomic E-state index is -0.649. The number of halogens is 1. The van der Waals surface area contributed by atoms with Gasteiger partial charge in [-0.25, -0.2) is 0 Å². The molecule has 1 amide bonds. The number of piperidine rings is 1. The van der Waals surface area contributed by atoms with Crippen molar-refractivity contribution >= 4 is 18.3 Å². The summed E-state index contributed by atoms with van der Waals surface area (Å²) < 4.78 is 5.95. The van der Waals surface area contributed by atoms with Crippen LogP contribution in [0.4, 0.5) is 0 Å². The van der Waals surface area contributed by atoms with Gasteiger partial charge in [-0.2, -0.15) is 0 Å². The lowest BCUT2D eigenvalue weighted by molar-refractivity contribution is -0.141. The second kappa shape index (κ2) is 8.81. The van der Waals surface area contributed by atoms with E-state index in [4.69, 9.17) is 10.5 Å². The van der Waals surface area contributed by atoms with Gasteiger partial charge in [0, 0.05) is 12.6 Å². The first-order valence-electron chi connectivity index (χ1n) is 8.61. The van der Waals surface area contributed by atoms with E-state index >= 15 is 0 Å². The minimum absolute atomic E-state index is 0. The number of benzene rings is 1. The summed E-state index contributed by atoms with van der Waals surface area (Å²) in [7, 11) is 0. The third-order valence-electron chi connectivity index (χ3n) is 5.18. The lowest BCUT2D eigenvalue weighted by Gasteiger charge is -2.47. The molecule has 3 rings (SSSR count). The maximum absolute atomic E-state index is 12.4. The SMILES string of the molecule is Cl.NC(=O)C1(COCc2ccccc2)CCCCN1C1CCNC1. The Labute approximate surface area is 150 Å². The van der Waals surface area contributed by atoms with Crippen LogP contribution in [0.1, 0.15) is 31.2 Å². The number of ether oxygens (including phenoxy) is 1. The molecule has 134 valence electrons. The highest BCUT2D eigenvalue weighted by Gasteiger charge is 2.47. The molecule has 0 radical (unpaired) electrons. The smallest absolute Gasteiger partial charge is 0.240 e. The van der Waals surface area contributed by atoms with Gasteiger partial charge in [0.05, 0.1) is 13.2 Å². The maximum Gasteiger partial charge on any atom is 0.240 e. The fraction of sp³-hybridized carbons (Fsp3) is 0.611. The monoisotopic (exact) mass is 353 g/mol. The highest BCUT2D eigenvalue weighted by Crippen LogP contribution is 2.32. The summed E-state index contributed by atoms with van der Waals surface area (Å²) in [5, 5.41) is 3.39. The van der Waals surface area contributed by atoms with E-state index in [1.54, 1.807) is 0 Å². The Morgan fingerprint density at radius 3 is 2.79 bits per heavy atom. The zero-order valence-electron chi connectivity index (χ0n) is 14.1. The molecule has 5 nitrogen and oxygen atoms in total. The van der Waals surface area contributed by atoms with Crippen LogP contribution in [0.15, 0.2) is 30.3 Å². The highest BCUT2D eigenvalue weighted by atomic mass is 35.5. The van der Waals surface area contributed by atoms with Gasteiger partial charge in [0.1, 0.15) is 5.54 Å². The second-order valence-electron chi connectivity index (χ2n) is 6.67. The summed E-state index contributed by atoms with van der Waals surface area (Å²) in [5.74, 6) is -0.239. The van der Waals surface area contributed by atoms with Crippen LogP contribution in [-0.2, 0) is 16.1 Å². The molecule has 1 aromatic rings. The summed E-state index contributed by atoms with van der Waals surface area (Å²) >= 11 is 0. The topological polar surface area (TPSA) is 67.6 Å². The maximum atomic E-state index is 12.4. The first-order chi connectivity index (χ1) is 11.2. The summed E-state index contributed by atoms with van der Waals surface area (Å²) in [6.07, 6.45) is 4.04. The lowest BCUT2D eigenvalue weighted by Crippen LogP contribution is -2.65. The molecule has 3 N–H and O–H groups in total. The summed E-state index contributed by atoms with van der Waals surface area (Å²) in [4.78, 5) is 14.7. The number of carbonyl (C=O) groups is 1. The number of hydrogen-bond donors (Lipinski definition) is 2. The third kappa shape index (κ3) is 4.09. The van der Waals surface area contributed by atoms with Crippen LogP contribution in [0.5, 0.6) is 0 Å². The largest absolute Gasteiger partial charge is 0.374 e. The van der Waals surface area contributed by atoms with Crippen molar-refractivity contribution in [2.45, 2.75) is 43.9 Å². The second-order valence-corrected chi connectivity index (χ2v) is 6.67. The van der Waals surface area contributed by atoms with Crippen molar-refractivity contribution in [2.24, 2.45) is 5.73 Å². The number of carbonyl (C=O) groups excluding carboxylic acids is 1. The van der Waals surface area contributed by atoms with Crippen LogP contribution in [-0.4, -0.2) is 48.6 Å². The van der Waals surface area contributed by atoms with Gasteiger partial charge in [-0.3, -0.25) is 9.69 Å². The van der Waals surface area contributed by atoms with E-state index in [0.29, 0.717) is 19.3 Å². The van der Waals surface area contributed by atoms with E-state index in [9.17, 15) is 4.79 Å². The Bertz CT molecular complexity index is 522. The molecule has 0 saturated carbocycles. The fourth-order valence-corrected chi connectivity index (χ4v) is 3.90. The molecule has 2 atom stereocenters. The van der Waals surface area contributed by atoms with Gasteiger partial charge in [0.15, 0.2) is 0 Å². The molecule has 2 unspecified atom stereocenters. The van der Waals surface area contributed by atoms with Gasteiger partial charge < -0.3 is 15.8 Å². The van der Waals surface area contributed by atoms with Crippen LogP contribution in [0, 0.1) is 0 Å². The zero-order valence-corrected chi connectivity index (χ0v) is 14.9. The van der Waals surface area contributed by atoms with Crippen molar-refractivity contribution in [3.8, 4) is 0 Å². The van der Waals surface area contributed by atoms with Crippen molar-refractivity contribution < 1.29 is 9.53 Å². The average Bonchev–Trinajstić information content (AvgIpc) is 3.10. The molecule has 0 spiro atoms. The number of hydrogen-bond acceptors (Lipinski definition) is 4. The van der Waals surface area contributed by atoms with E-state index < -0.39 is 5.54 Å². The Balaban J connectivity index is 0.00000208. The molecule has 2 aliphatic heterocycles. The van der Waals surface area contributed by atoms with E-state index in [1.807, 2.05) is 30.3 Å². The quantitative estimate of drug-likeness (QED) is 0.816. The number of nitrogens with zero attached hydrogens (tertiary/aromatic N) is 1. The number of rotatable bonds is 6. The number of likely N-dealkylation sites (tertiary alicyclic amines) is 1. The van der Waals surface area contributed by atoms with Gasteiger partial charge in [-0.1, -0.05) is 30.3 Å². The number of nitrogens with one attached hydrogen (secondary N) is 1. The first kappa shape index (κ1) is 19.2. The Morgan fingerprint density at radius 1 is 1.33 bits per heavy atom. The minimum Gasteiger partial charge on any atom is -0.374 e. The van der Waals surface area contributed by atoms with Gasteiger partial charge >= 0.3 is 0 Å². The Hall–Kier alpha value is -1.14. The van der Waals surface area contributed by atoms with Crippen LogP contribution in [0.3, 0.4) is 0 Å². The predicted octanol–water partition coefficient (Wildman–Crippen LogP) is 1.70. The molecule has 2 saturated heterocycles. The molecule has 2 fully saturated rings. The van der Waals surface area contributed by atoms with Crippen molar-refractivity contribution in [1.82, 2.24) is 10.2 Å². The third-order valence-corrected chi connectivity index (χ3v) is 5.18. The van der Waals surface area contributed by atoms with Gasteiger partial charge in [0.2, 0.25) is 5.91 Å². The fourth-order valence-electron chi connectivity index (χ4n) is 3.90. The average molecular weight is 354 g/mol. The van der Waals surface area contributed by atoms with Crippen LogP contribution >= 0.6 is 12.4 Å². The van der Waals surface area contributed by atoms with Crippen molar-refractivity contribution in [3.63, 3.8) is 0 Å². The molecule has 6 heteroatoms. The molecule has 2 heterocycles. The van der Waals surface area contributed by atoms with Crippen molar-refractivity contribution in [3.05, 3.63) is 35.9 Å². The number of amides is 1. The molecule has 0 bridgehead atoms. The van der Waals surface area contributed by atoms with E-state index in [0.717, 1.165) is 50.9 Å². The van der Waals surface area contributed by atoms with Gasteiger partial charge in [0.25, 0.3) is 0 Å². The Kier molecular flexibility index (Phi) is 7.04. The molecule has 2 aliphatic rings. The molecular weight excluding hydrogens is 326 g/mol. The van der Waals surface area contributed by atoms with E-state index in [2.05, 4.69) is 10.2 Å².